The minimum Gasteiger partial charge on any atom is -0.504 e. The number of benzene rings is 3. The molecule has 2 N–H and O–H groups in total. The number of para-hydroxylation sites is 1. The van der Waals surface area contributed by atoms with Gasteiger partial charge in [0, 0.05) is 27.7 Å². The second kappa shape index (κ2) is 11.5. The van der Waals surface area contributed by atoms with Crippen molar-refractivity contribution in [2.24, 2.45) is 5.10 Å². The van der Waals surface area contributed by atoms with Gasteiger partial charge in [0.15, 0.2) is 11.5 Å². The number of hydrogen-bond acceptors (Lipinski definition) is 6. The number of hydrogen-bond donors (Lipinski definition) is 2. The minimum atomic E-state index is -4.09. The number of sulfonamides is 1. The van der Waals surface area contributed by atoms with Gasteiger partial charge in [0.2, 0.25) is 10.0 Å². The summed E-state index contributed by atoms with van der Waals surface area (Å²) >= 11 is 12.5. The molecule has 0 spiro atoms. The van der Waals surface area contributed by atoms with E-state index in [-0.39, 0.29) is 33.0 Å². The third-order valence-electron chi connectivity index (χ3n) is 5.02. The number of ether oxygens (including phenoxy) is 1. The summed E-state index contributed by atoms with van der Waals surface area (Å²) < 4.78 is 32.8. The van der Waals surface area contributed by atoms with Gasteiger partial charge < -0.3 is 9.84 Å². The van der Waals surface area contributed by atoms with E-state index in [1.54, 1.807) is 48.5 Å². The molecular formula is C24H23Cl2N3O5S. The summed E-state index contributed by atoms with van der Waals surface area (Å²) in [5, 5.41) is 14.5. The van der Waals surface area contributed by atoms with Gasteiger partial charge in [-0.05, 0) is 43.3 Å². The van der Waals surface area contributed by atoms with E-state index in [1.165, 1.54) is 25.5 Å². The Morgan fingerprint density at radius 1 is 1.09 bits per heavy atom. The summed E-state index contributed by atoms with van der Waals surface area (Å²) in [5.74, 6) is -0.611. The highest BCUT2D eigenvalue weighted by atomic mass is 35.5. The van der Waals surface area contributed by atoms with Gasteiger partial charge in [-0.3, -0.25) is 4.79 Å². The van der Waals surface area contributed by atoms with E-state index in [4.69, 9.17) is 27.9 Å². The summed E-state index contributed by atoms with van der Waals surface area (Å²) in [6.45, 7) is 1.05. The largest absolute Gasteiger partial charge is 0.504 e. The lowest BCUT2D eigenvalue weighted by atomic mass is 10.2. The van der Waals surface area contributed by atoms with Crippen LogP contribution in [0.3, 0.4) is 0 Å². The number of hydrazone groups is 1. The first-order valence-corrected chi connectivity index (χ1v) is 12.5. The van der Waals surface area contributed by atoms with Crippen LogP contribution in [0.15, 0.2) is 70.7 Å². The Balaban J connectivity index is 1.85. The lowest BCUT2D eigenvalue weighted by Crippen LogP contribution is -2.39. The SMILES string of the molecule is COc1cccc(/C=N\NC(=O)CN(Cc2c(Cl)cccc2Cl)S(=O)(=O)c2ccc(C)cc2)c1O. The quantitative estimate of drug-likeness (QED) is 0.312. The van der Waals surface area contributed by atoms with Gasteiger partial charge in [-0.15, -0.1) is 0 Å². The highest BCUT2D eigenvalue weighted by Gasteiger charge is 2.28. The van der Waals surface area contributed by atoms with E-state index in [0.29, 0.717) is 11.1 Å². The number of nitrogens with one attached hydrogen (secondary N) is 1. The van der Waals surface area contributed by atoms with Gasteiger partial charge >= 0.3 is 0 Å². The van der Waals surface area contributed by atoms with Crippen LogP contribution < -0.4 is 10.2 Å². The summed E-state index contributed by atoms with van der Waals surface area (Å²) in [7, 11) is -2.68. The monoisotopic (exact) mass is 535 g/mol. The Morgan fingerprint density at radius 3 is 2.34 bits per heavy atom. The molecule has 0 atom stereocenters. The molecule has 0 saturated carbocycles. The maximum Gasteiger partial charge on any atom is 0.255 e. The van der Waals surface area contributed by atoms with E-state index in [2.05, 4.69) is 10.5 Å². The molecule has 3 rings (SSSR count). The number of amides is 1. The predicted octanol–water partition coefficient (Wildman–Crippen LogP) is 4.36. The Hall–Kier alpha value is -3.11. The topological polar surface area (TPSA) is 108 Å². The van der Waals surface area contributed by atoms with Crippen molar-refractivity contribution in [1.82, 2.24) is 9.73 Å². The van der Waals surface area contributed by atoms with Crippen LogP contribution in [-0.4, -0.2) is 43.6 Å². The third kappa shape index (κ3) is 6.52. The molecule has 35 heavy (non-hydrogen) atoms. The number of carbonyl (C=O) groups is 1. The maximum atomic E-state index is 13.4. The molecule has 11 heteroatoms. The van der Waals surface area contributed by atoms with Crippen LogP contribution >= 0.6 is 23.2 Å². The molecule has 0 aliphatic heterocycles. The third-order valence-corrected chi connectivity index (χ3v) is 7.53. The average Bonchev–Trinajstić information content (AvgIpc) is 2.82. The first-order chi connectivity index (χ1) is 16.6. The molecule has 0 heterocycles. The van der Waals surface area contributed by atoms with Crippen LogP contribution in [0.1, 0.15) is 16.7 Å². The van der Waals surface area contributed by atoms with Crippen LogP contribution in [0.5, 0.6) is 11.5 Å². The maximum absolute atomic E-state index is 13.4. The summed E-state index contributed by atoms with van der Waals surface area (Å²) in [4.78, 5) is 12.7. The average molecular weight is 536 g/mol. The Kier molecular flexibility index (Phi) is 8.74. The molecule has 0 aromatic heterocycles. The first-order valence-electron chi connectivity index (χ1n) is 10.3. The zero-order valence-electron chi connectivity index (χ0n) is 18.9. The fourth-order valence-corrected chi connectivity index (χ4v) is 5.00. The summed E-state index contributed by atoms with van der Waals surface area (Å²) in [6.07, 6.45) is 1.22. The van der Waals surface area contributed by atoms with E-state index in [1.807, 2.05) is 6.92 Å². The second-order valence-electron chi connectivity index (χ2n) is 7.48. The molecule has 0 saturated heterocycles. The molecule has 0 aliphatic carbocycles. The van der Waals surface area contributed by atoms with Gasteiger partial charge in [0.05, 0.1) is 24.8 Å². The smallest absolute Gasteiger partial charge is 0.255 e. The lowest BCUT2D eigenvalue weighted by molar-refractivity contribution is -0.121. The second-order valence-corrected chi connectivity index (χ2v) is 10.2. The van der Waals surface area contributed by atoms with Crippen molar-refractivity contribution < 1.29 is 23.1 Å². The molecule has 0 bridgehead atoms. The molecule has 3 aromatic carbocycles. The van der Waals surface area contributed by atoms with Crippen molar-refractivity contribution in [3.8, 4) is 11.5 Å². The number of aryl methyl sites for hydroxylation is 1. The van der Waals surface area contributed by atoms with E-state index in [0.717, 1.165) is 9.87 Å². The van der Waals surface area contributed by atoms with Gasteiger partial charge in [-0.25, -0.2) is 13.8 Å². The van der Waals surface area contributed by atoms with Crippen LogP contribution in [0.25, 0.3) is 0 Å². The van der Waals surface area contributed by atoms with Crippen molar-refractivity contribution in [2.45, 2.75) is 18.4 Å². The molecule has 0 unspecified atom stereocenters. The van der Waals surface area contributed by atoms with Gasteiger partial charge in [0.25, 0.3) is 5.91 Å². The Morgan fingerprint density at radius 2 is 1.71 bits per heavy atom. The van der Waals surface area contributed by atoms with Crippen molar-refractivity contribution in [2.75, 3.05) is 13.7 Å². The van der Waals surface area contributed by atoms with E-state index < -0.39 is 22.5 Å². The van der Waals surface area contributed by atoms with E-state index >= 15 is 0 Å². The van der Waals surface area contributed by atoms with Crippen LogP contribution in [0, 0.1) is 6.92 Å². The fraction of sp³-hybridized carbons (Fsp3) is 0.167. The van der Waals surface area contributed by atoms with Crippen LogP contribution in [-0.2, 0) is 21.4 Å². The van der Waals surface area contributed by atoms with Gasteiger partial charge in [0.1, 0.15) is 0 Å². The Labute approximate surface area is 213 Å². The van der Waals surface area contributed by atoms with Crippen LogP contribution in [0.2, 0.25) is 10.0 Å². The molecule has 0 fully saturated rings. The highest BCUT2D eigenvalue weighted by molar-refractivity contribution is 7.89. The van der Waals surface area contributed by atoms with Crippen molar-refractivity contribution in [3.05, 3.63) is 87.4 Å². The first kappa shape index (κ1) is 26.5. The zero-order chi connectivity index (χ0) is 25.6. The minimum absolute atomic E-state index is 0.0175. The number of nitrogens with zero attached hydrogens (tertiary/aromatic N) is 2. The van der Waals surface area contributed by atoms with Gasteiger partial charge in [-0.2, -0.15) is 9.41 Å². The van der Waals surface area contributed by atoms with Crippen molar-refractivity contribution in [3.63, 3.8) is 0 Å². The van der Waals surface area contributed by atoms with Crippen molar-refractivity contribution >= 4 is 45.3 Å². The van der Waals surface area contributed by atoms with Crippen molar-refractivity contribution in [1.29, 1.82) is 0 Å². The highest BCUT2D eigenvalue weighted by Crippen LogP contribution is 2.29. The number of rotatable bonds is 9. The predicted molar refractivity (Wildman–Crippen MR) is 136 cm³/mol. The molecule has 1 amide bonds. The standard InChI is InChI=1S/C24H23Cl2N3O5S/c1-16-9-11-18(12-10-16)35(32,33)29(14-19-20(25)6-4-7-21(19)26)15-23(30)28-27-13-17-5-3-8-22(34-2)24(17)31/h3-13,31H,14-15H2,1-2H3,(H,28,30)/b27-13-. The molecule has 0 aliphatic rings. The molecule has 0 radical (unpaired) electrons. The van der Waals surface area contributed by atoms with Gasteiger partial charge in [-0.1, -0.05) is 53.0 Å². The van der Waals surface area contributed by atoms with Crippen LogP contribution in [0.4, 0.5) is 0 Å². The lowest BCUT2D eigenvalue weighted by Gasteiger charge is -2.22. The fourth-order valence-electron chi connectivity index (χ4n) is 3.12. The zero-order valence-corrected chi connectivity index (χ0v) is 21.2. The molecule has 184 valence electrons. The molecule has 8 nitrogen and oxygen atoms in total. The number of methoxy groups -OCH3 is 1. The molecular weight excluding hydrogens is 513 g/mol. The number of phenolic OH excluding ortho intramolecular Hbond substituents is 1. The number of phenols is 1. The molecule has 3 aromatic rings. The Bertz CT molecular complexity index is 1330. The summed E-state index contributed by atoms with van der Waals surface area (Å²) in [5.41, 5.74) is 3.83. The number of halogens is 2. The number of aromatic hydroxyl groups is 1. The summed E-state index contributed by atoms with van der Waals surface area (Å²) in [6, 6.07) is 15.9. The normalized spacial score (nSPS) is 11.7. The number of carbonyl (C=O) groups excluding carboxylic acids is 1. The van der Waals surface area contributed by atoms with E-state index in [9.17, 15) is 18.3 Å².